The lowest BCUT2D eigenvalue weighted by atomic mass is 10.1. The summed E-state index contributed by atoms with van der Waals surface area (Å²) in [6, 6.07) is 8.00. The van der Waals surface area contributed by atoms with Gasteiger partial charge < -0.3 is 4.90 Å². The number of hydrogen-bond donors (Lipinski definition) is 0. The van der Waals surface area contributed by atoms with E-state index >= 15 is 0 Å². The Balaban J connectivity index is 2.19. The van der Waals surface area contributed by atoms with Crippen molar-refractivity contribution in [1.29, 1.82) is 0 Å². The first-order valence-corrected chi connectivity index (χ1v) is 7.19. The van der Waals surface area contributed by atoms with Crippen molar-refractivity contribution in [3.63, 3.8) is 0 Å². The number of likely N-dealkylation sites (tertiary alicyclic amines) is 1. The first-order chi connectivity index (χ1) is 8.72. The summed E-state index contributed by atoms with van der Waals surface area (Å²) in [5.74, 6) is 0.670. The molecule has 98 valence electrons. The highest BCUT2D eigenvalue weighted by Gasteiger charge is 2.25. The Bertz CT molecular complexity index is 419. The first-order valence-electron chi connectivity index (χ1n) is 6.66. The molecular weight excluding hydrogens is 246 g/mol. The van der Waals surface area contributed by atoms with Gasteiger partial charge in [-0.1, -0.05) is 30.5 Å². The van der Waals surface area contributed by atoms with E-state index in [-0.39, 0.29) is 11.9 Å². The second kappa shape index (κ2) is 6.24. The molecule has 1 amide bonds. The molecule has 1 saturated heterocycles. The Morgan fingerprint density at radius 1 is 1.39 bits per heavy atom. The molecule has 1 aromatic rings. The lowest BCUT2D eigenvalue weighted by molar-refractivity contribution is 0.0700. The fourth-order valence-electron chi connectivity index (χ4n) is 2.55. The highest BCUT2D eigenvalue weighted by molar-refractivity contribution is 6.18. The highest BCUT2D eigenvalue weighted by Crippen LogP contribution is 2.20. The molecule has 2 rings (SSSR count). The Morgan fingerprint density at radius 3 is 2.94 bits per heavy atom. The molecule has 0 radical (unpaired) electrons. The third-order valence-corrected chi connectivity index (χ3v) is 3.94. The molecule has 0 aromatic heterocycles. The van der Waals surface area contributed by atoms with Gasteiger partial charge in [0, 0.05) is 24.0 Å². The molecule has 1 aliphatic rings. The van der Waals surface area contributed by atoms with Crippen LogP contribution in [0.2, 0.25) is 0 Å². The van der Waals surface area contributed by atoms with Gasteiger partial charge in [-0.15, -0.1) is 11.6 Å². The second-order valence-electron chi connectivity index (χ2n) is 5.03. The number of benzene rings is 1. The van der Waals surface area contributed by atoms with Crippen LogP contribution < -0.4 is 0 Å². The SMILES string of the molecule is Cc1cccc(C(=O)N2CCCCCC2CCl)c1. The van der Waals surface area contributed by atoms with Crippen LogP contribution in [0.1, 0.15) is 41.6 Å². The van der Waals surface area contributed by atoms with Gasteiger partial charge in [-0.2, -0.15) is 0 Å². The topological polar surface area (TPSA) is 20.3 Å². The van der Waals surface area contributed by atoms with Gasteiger partial charge >= 0.3 is 0 Å². The van der Waals surface area contributed by atoms with Crippen molar-refractivity contribution < 1.29 is 4.79 Å². The van der Waals surface area contributed by atoms with Crippen LogP contribution in [-0.4, -0.2) is 29.3 Å². The number of rotatable bonds is 2. The minimum atomic E-state index is 0.131. The lowest BCUT2D eigenvalue weighted by Gasteiger charge is -2.28. The van der Waals surface area contributed by atoms with E-state index in [1.54, 1.807) is 0 Å². The van der Waals surface area contributed by atoms with Crippen molar-refractivity contribution in [2.24, 2.45) is 0 Å². The molecule has 1 unspecified atom stereocenters. The fraction of sp³-hybridized carbons (Fsp3) is 0.533. The number of carbonyl (C=O) groups is 1. The normalized spacial score (nSPS) is 20.6. The molecule has 0 N–H and O–H groups in total. The van der Waals surface area contributed by atoms with Crippen LogP contribution in [0.4, 0.5) is 0 Å². The molecule has 1 aromatic carbocycles. The van der Waals surface area contributed by atoms with Crippen molar-refractivity contribution >= 4 is 17.5 Å². The number of amides is 1. The molecule has 1 aliphatic heterocycles. The number of halogens is 1. The van der Waals surface area contributed by atoms with E-state index < -0.39 is 0 Å². The molecule has 0 aliphatic carbocycles. The molecule has 1 atom stereocenters. The van der Waals surface area contributed by atoms with Gasteiger partial charge in [0.15, 0.2) is 0 Å². The lowest BCUT2D eigenvalue weighted by Crippen LogP contribution is -2.41. The molecule has 0 saturated carbocycles. The summed E-state index contributed by atoms with van der Waals surface area (Å²) in [4.78, 5) is 14.5. The van der Waals surface area contributed by atoms with Crippen LogP contribution in [0.3, 0.4) is 0 Å². The monoisotopic (exact) mass is 265 g/mol. The Labute approximate surface area is 114 Å². The Morgan fingerprint density at radius 2 is 2.22 bits per heavy atom. The standard InChI is InChI=1S/C15H20ClNO/c1-12-6-5-7-13(10-12)15(18)17-9-4-2-3-8-14(17)11-16/h5-7,10,14H,2-4,8-9,11H2,1H3. The summed E-state index contributed by atoms with van der Waals surface area (Å²) in [6.45, 7) is 2.85. The second-order valence-corrected chi connectivity index (χ2v) is 5.33. The van der Waals surface area contributed by atoms with Gasteiger partial charge in [0.1, 0.15) is 0 Å². The number of carbonyl (C=O) groups excluding carboxylic acids is 1. The van der Waals surface area contributed by atoms with E-state index in [1.165, 1.54) is 12.8 Å². The molecule has 1 fully saturated rings. The maximum absolute atomic E-state index is 12.5. The summed E-state index contributed by atoms with van der Waals surface area (Å²) in [5.41, 5.74) is 1.91. The predicted molar refractivity (Wildman–Crippen MR) is 75.2 cm³/mol. The van der Waals surface area contributed by atoms with Crippen molar-refractivity contribution in [1.82, 2.24) is 4.90 Å². The average molecular weight is 266 g/mol. The molecule has 0 spiro atoms. The van der Waals surface area contributed by atoms with E-state index in [1.807, 2.05) is 36.1 Å². The van der Waals surface area contributed by atoms with Crippen LogP contribution in [0.25, 0.3) is 0 Å². The maximum Gasteiger partial charge on any atom is 0.254 e. The van der Waals surface area contributed by atoms with E-state index in [9.17, 15) is 4.79 Å². The Kier molecular flexibility index (Phi) is 4.65. The summed E-state index contributed by atoms with van der Waals surface area (Å²) < 4.78 is 0. The number of nitrogens with zero attached hydrogens (tertiary/aromatic N) is 1. The maximum atomic E-state index is 12.5. The number of hydrogen-bond acceptors (Lipinski definition) is 1. The zero-order chi connectivity index (χ0) is 13.0. The van der Waals surface area contributed by atoms with Gasteiger partial charge in [-0.25, -0.2) is 0 Å². The fourth-order valence-corrected chi connectivity index (χ4v) is 2.87. The molecule has 3 heteroatoms. The van der Waals surface area contributed by atoms with E-state index in [4.69, 9.17) is 11.6 Å². The van der Waals surface area contributed by atoms with Gasteiger partial charge in [-0.3, -0.25) is 4.79 Å². The van der Waals surface area contributed by atoms with Crippen LogP contribution in [-0.2, 0) is 0 Å². The van der Waals surface area contributed by atoms with Crippen molar-refractivity contribution in [3.05, 3.63) is 35.4 Å². The van der Waals surface area contributed by atoms with Crippen LogP contribution in [0.15, 0.2) is 24.3 Å². The number of alkyl halides is 1. The van der Waals surface area contributed by atoms with Gasteiger partial charge in [0.25, 0.3) is 5.91 Å². The largest absolute Gasteiger partial charge is 0.334 e. The number of aryl methyl sites for hydroxylation is 1. The predicted octanol–water partition coefficient (Wildman–Crippen LogP) is 3.62. The zero-order valence-electron chi connectivity index (χ0n) is 10.9. The molecule has 18 heavy (non-hydrogen) atoms. The highest BCUT2D eigenvalue weighted by atomic mass is 35.5. The van der Waals surface area contributed by atoms with E-state index in [2.05, 4.69) is 0 Å². The zero-order valence-corrected chi connectivity index (χ0v) is 11.6. The van der Waals surface area contributed by atoms with E-state index in [0.717, 1.165) is 30.5 Å². The smallest absolute Gasteiger partial charge is 0.254 e. The van der Waals surface area contributed by atoms with E-state index in [0.29, 0.717) is 5.88 Å². The van der Waals surface area contributed by atoms with Gasteiger partial charge in [-0.05, 0) is 31.9 Å². The van der Waals surface area contributed by atoms with Crippen molar-refractivity contribution in [2.75, 3.05) is 12.4 Å². The molecule has 0 bridgehead atoms. The molecular formula is C15H20ClNO. The average Bonchev–Trinajstić information content (AvgIpc) is 2.62. The minimum Gasteiger partial charge on any atom is -0.334 e. The molecule has 1 heterocycles. The van der Waals surface area contributed by atoms with Crippen molar-refractivity contribution in [3.8, 4) is 0 Å². The summed E-state index contributed by atoms with van der Waals surface area (Å²) in [6.07, 6.45) is 4.49. The van der Waals surface area contributed by atoms with Crippen LogP contribution in [0, 0.1) is 6.92 Å². The quantitative estimate of drug-likeness (QED) is 0.748. The first kappa shape index (κ1) is 13.4. The third kappa shape index (κ3) is 3.05. The summed E-state index contributed by atoms with van der Waals surface area (Å²) >= 11 is 6.02. The Hall–Kier alpha value is -1.02. The summed E-state index contributed by atoms with van der Waals surface area (Å²) in [5, 5.41) is 0. The van der Waals surface area contributed by atoms with Crippen molar-refractivity contribution in [2.45, 2.75) is 38.6 Å². The molecule has 2 nitrogen and oxygen atoms in total. The van der Waals surface area contributed by atoms with Crippen LogP contribution in [0.5, 0.6) is 0 Å². The van der Waals surface area contributed by atoms with Crippen LogP contribution >= 0.6 is 11.6 Å². The van der Waals surface area contributed by atoms with Gasteiger partial charge in [0.05, 0.1) is 0 Å². The van der Waals surface area contributed by atoms with Gasteiger partial charge in [0.2, 0.25) is 0 Å². The minimum absolute atomic E-state index is 0.131. The third-order valence-electron chi connectivity index (χ3n) is 3.58. The summed E-state index contributed by atoms with van der Waals surface area (Å²) in [7, 11) is 0.